The van der Waals surface area contributed by atoms with Gasteiger partial charge in [-0.2, -0.15) is 0 Å². The van der Waals surface area contributed by atoms with Gasteiger partial charge in [-0.1, -0.05) is 26.2 Å². The van der Waals surface area contributed by atoms with Crippen molar-refractivity contribution < 1.29 is 23.7 Å². The van der Waals surface area contributed by atoms with Gasteiger partial charge >= 0.3 is 5.97 Å². The Morgan fingerprint density at radius 1 is 1.07 bits per heavy atom. The van der Waals surface area contributed by atoms with Gasteiger partial charge in [0.1, 0.15) is 0 Å². The third-order valence-corrected chi connectivity index (χ3v) is 5.34. The van der Waals surface area contributed by atoms with Crippen molar-refractivity contribution >= 4 is 17.3 Å². The van der Waals surface area contributed by atoms with Crippen molar-refractivity contribution in [2.75, 3.05) is 27.4 Å². The fourth-order valence-corrected chi connectivity index (χ4v) is 3.49. The van der Waals surface area contributed by atoms with Crippen LogP contribution in [0.3, 0.4) is 0 Å². The van der Waals surface area contributed by atoms with Crippen LogP contribution in [0, 0.1) is 6.92 Å². The predicted molar refractivity (Wildman–Crippen MR) is 110 cm³/mol. The molecule has 2 aromatic rings. The highest BCUT2D eigenvalue weighted by Gasteiger charge is 2.18. The third kappa shape index (κ3) is 6.12. The summed E-state index contributed by atoms with van der Waals surface area (Å²) in [5, 5.41) is 0. The van der Waals surface area contributed by atoms with E-state index in [0.717, 1.165) is 23.4 Å². The first-order valence-corrected chi connectivity index (χ1v) is 10.4. The number of nitrogens with zero attached hydrogens (tertiary/aromatic N) is 1. The molecule has 0 fully saturated rings. The van der Waals surface area contributed by atoms with Crippen molar-refractivity contribution in [3.8, 4) is 17.2 Å². The Morgan fingerprint density at radius 3 is 2.36 bits per heavy atom. The molecule has 0 atom stereocenters. The predicted octanol–water partition coefficient (Wildman–Crippen LogP) is 4.83. The van der Waals surface area contributed by atoms with Gasteiger partial charge in [-0.3, -0.25) is 0 Å². The fraction of sp³-hybridized carbons (Fsp3) is 0.524. The number of carbonyl (C=O) groups is 1. The summed E-state index contributed by atoms with van der Waals surface area (Å²) in [6.45, 7) is 4.99. The van der Waals surface area contributed by atoms with E-state index in [1.165, 1.54) is 12.8 Å². The zero-order valence-electron chi connectivity index (χ0n) is 17.1. The molecule has 0 N–H and O–H groups in total. The largest absolute Gasteiger partial charge is 0.493 e. The Bertz CT molecular complexity index is 734. The number of rotatable bonds is 12. The Labute approximate surface area is 170 Å². The molecule has 7 heteroatoms. The van der Waals surface area contributed by atoms with Gasteiger partial charge < -0.3 is 18.9 Å². The summed E-state index contributed by atoms with van der Waals surface area (Å²) >= 11 is 1.56. The molecule has 1 heterocycles. The van der Waals surface area contributed by atoms with Crippen LogP contribution in [0.2, 0.25) is 0 Å². The van der Waals surface area contributed by atoms with Gasteiger partial charge in [0, 0.05) is 11.3 Å². The smallest absolute Gasteiger partial charge is 0.338 e. The number of thiazole rings is 1. The fourth-order valence-electron chi connectivity index (χ4n) is 2.73. The molecular formula is C21H29NO5S. The third-order valence-electron chi connectivity index (χ3n) is 4.35. The van der Waals surface area contributed by atoms with E-state index >= 15 is 0 Å². The number of ether oxygens (including phenoxy) is 4. The van der Waals surface area contributed by atoms with E-state index in [-0.39, 0.29) is 0 Å². The van der Waals surface area contributed by atoms with Crippen LogP contribution in [-0.2, 0) is 11.2 Å². The number of carbonyl (C=O) groups excluding carboxylic acids is 1. The Balaban J connectivity index is 2.01. The standard InChI is InChI=1S/C21H29NO5S/c1-5-6-7-8-10-26-20-17(24-3)12-16(13-18(20)25-4)21(23)27-11-9-19-15(2)22-14-28-19/h12-14H,5-11H2,1-4H3. The summed E-state index contributed by atoms with van der Waals surface area (Å²) in [7, 11) is 3.08. The molecule has 0 aliphatic carbocycles. The van der Waals surface area contributed by atoms with Crippen LogP contribution in [0.25, 0.3) is 0 Å². The van der Waals surface area contributed by atoms with Gasteiger partial charge in [0.25, 0.3) is 0 Å². The second-order valence-electron chi connectivity index (χ2n) is 6.37. The molecule has 154 valence electrons. The molecule has 0 spiro atoms. The summed E-state index contributed by atoms with van der Waals surface area (Å²) in [6.07, 6.45) is 5.08. The molecule has 0 radical (unpaired) electrons. The first-order valence-electron chi connectivity index (χ1n) is 9.55. The minimum Gasteiger partial charge on any atom is -0.493 e. The molecule has 0 amide bonds. The minimum absolute atomic E-state index is 0.294. The Morgan fingerprint density at radius 2 is 1.79 bits per heavy atom. The number of methoxy groups -OCH3 is 2. The summed E-state index contributed by atoms with van der Waals surface area (Å²) < 4.78 is 22.1. The number of hydrogen-bond donors (Lipinski definition) is 0. The van der Waals surface area contributed by atoms with E-state index in [4.69, 9.17) is 18.9 Å². The Kier molecular flexibility index (Phi) is 9.07. The van der Waals surface area contributed by atoms with E-state index in [1.54, 1.807) is 43.2 Å². The number of benzene rings is 1. The maximum atomic E-state index is 12.5. The van der Waals surface area contributed by atoms with Crippen molar-refractivity contribution in [3.05, 3.63) is 33.8 Å². The van der Waals surface area contributed by atoms with Crippen molar-refractivity contribution in [2.45, 2.75) is 46.0 Å². The first-order chi connectivity index (χ1) is 13.6. The van der Waals surface area contributed by atoms with Crippen LogP contribution >= 0.6 is 11.3 Å². The number of hydrogen-bond acceptors (Lipinski definition) is 7. The lowest BCUT2D eigenvalue weighted by molar-refractivity contribution is 0.0509. The van der Waals surface area contributed by atoms with Gasteiger partial charge in [-0.05, 0) is 25.5 Å². The number of aryl methyl sites for hydroxylation is 1. The van der Waals surface area contributed by atoms with Crippen LogP contribution < -0.4 is 14.2 Å². The highest BCUT2D eigenvalue weighted by Crippen LogP contribution is 2.39. The van der Waals surface area contributed by atoms with E-state index in [9.17, 15) is 4.79 Å². The van der Waals surface area contributed by atoms with Crippen molar-refractivity contribution in [2.24, 2.45) is 0 Å². The zero-order valence-corrected chi connectivity index (χ0v) is 17.9. The summed E-state index contributed by atoms with van der Waals surface area (Å²) in [5.74, 6) is 1.01. The average molecular weight is 408 g/mol. The quantitative estimate of drug-likeness (QED) is 0.371. The molecule has 0 aliphatic heterocycles. The van der Waals surface area contributed by atoms with Crippen LogP contribution in [0.15, 0.2) is 17.6 Å². The van der Waals surface area contributed by atoms with Gasteiger partial charge in [-0.25, -0.2) is 9.78 Å². The molecule has 1 aromatic heterocycles. The maximum absolute atomic E-state index is 12.5. The summed E-state index contributed by atoms with van der Waals surface area (Å²) in [4.78, 5) is 17.8. The maximum Gasteiger partial charge on any atom is 0.338 e. The van der Waals surface area contributed by atoms with Crippen molar-refractivity contribution in [1.82, 2.24) is 4.98 Å². The number of esters is 1. The second-order valence-corrected chi connectivity index (χ2v) is 7.31. The zero-order chi connectivity index (χ0) is 20.4. The molecule has 0 saturated carbocycles. The van der Waals surface area contributed by atoms with Gasteiger partial charge in [0.15, 0.2) is 11.5 Å². The second kappa shape index (κ2) is 11.5. The van der Waals surface area contributed by atoms with Crippen LogP contribution in [0.1, 0.15) is 53.5 Å². The molecule has 0 bridgehead atoms. The Hall–Kier alpha value is -2.28. The van der Waals surface area contributed by atoms with Crippen molar-refractivity contribution in [1.29, 1.82) is 0 Å². The molecule has 0 saturated heterocycles. The molecule has 0 unspecified atom stereocenters. The molecule has 1 aromatic carbocycles. The molecule has 6 nitrogen and oxygen atoms in total. The highest BCUT2D eigenvalue weighted by atomic mass is 32.1. The average Bonchev–Trinajstić information content (AvgIpc) is 3.12. The van der Waals surface area contributed by atoms with E-state index in [1.807, 2.05) is 6.92 Å². The summed E-state index contributed by atoms with van der Waals surface area (Å²) in [6, 6.07) is 3.26. The normalized spacial score (nSPS) is 10.6. The lowest BCUT2D eigenvalue weighted by Crippen LogP contribution is -2.10. The highest BCUT2D eigenvalue weighted by molar-refractivity contribution is 7.09. The van der Waals surface area contributed by atoms with Crippen molar-refractivity contribution in [3.63, 3.8) is 0 Å². The van der Waals surface area contributed by atoms with E-state index in [0.29, 0.717) is 42.4 Å². The lowest BCUT2D eigenvalue weighted by Gasteiger charge is -2.16. The van der Waals surface area contributed by atoms with Gasteiger partial charge in [0.2, 0.25) is 5.75 Å². The van der Waals surface area contributed by atoms with E-state index in [2.05, 4.69) is 11.9 Å². The molecular weight excluding hydrogens is 378 g/mol. The lowest BCUT2D eigenvalue weighted by atomic mass is 10.1. The van der Waals surface area contributed by atoms with E-state index < -0.39 is 5.97 Å². The summed E-state index contributed by atoms with van der Waals surface area (Å²) in [5.41, 5.74) is 3.14. The number of unbranched alkanes of at least 4 members (excludes halogenated alkanes) is 3. The van der Waals surface area contributed by atoms with Crippen LogP contribution in [0.4, 0.5) is 0 Å². The van der Waals surface area contributed by atoms with Gasteiger partial charge in [0.05, 0.1) is 44.2 Å². The van der Waals surface area contributed by atoms with Gasteiger partial charge in [-0.15, -0.1) is 11.3 Å². The van der Waals surface area contributed by atoms with Crippen LogP contribution in [-0.4, -0.2) is 38.4 Å². The molecule has 0 aliphatic rings. The number of aromatic nitrogens is 1. The molecule has 28 heavy (non-hydrogen) atoms. The monoisotopic (exact) mass is 407 g/mol. The minimum atomic E-state index is -0.423. The SMILES string of the molecule is CCCCCCOc1c(OC)cc(C(=O)OCCc2scnc2C)cc1OC. The topological polar surface area (TPSA) is 66.9 Å². The molecule has 2 rings (SSSR count). The van der Waals surface area contributed by atoms with Crippen LogP contribution in [0.5, 0.6) is 17.2 Å². The first kappa shape index (κ1) is 22.0.